The Hall–Kier alpha value is -2.61. The van der Waals surface area contributed by atoms with Crippen LogP contribution in [-0.4, -0.2) is 62.9 Å². The van der Waals surface area contributed by atoms with Gasteiger partial charge in [-0.2, -0.15) is 5.10 Å². The first-order chi connectivity index (χ1) is 14.2. The summed E-state index contributed by atoms with van der Waals surface area (Å²) in [5.74, 6) is 3.45. The molecule has 29 heavy (non-hydrogen) atoms. The minimum Gasteiger partial charge on any atom is -0.454 e. The molecule has 1 aromatic heterocycles. The lowest BCUT2D eigenvalue weighted by atomic mass is 9.82. The second kappa shape index (κ2) is 7.67. The lowest BCUT2D eigenvalue weighted by molar-refractivity contribution is -0.148. The summed E-state index contributed by atoms with van der Waals surface area (Å²) < 4.78 is 12.7. The second-order valence-electron chi connectivity index (χ2n) is 8.08. The van der Waals surface area contributed by atoms with Crippen LogP contribution in [0.5, 0.6) is 11.5 Å². The maximum Gasteiger partial charge on any atom is 0.231 e. The Labute approximate surface area is 170 Å². The van der Waals surface area contributed by atoms with Gasteiger partial charge in [0, 0.05) is 44.6 Å². The van der Waals surface area contributed by atoms with E-state index in [-0.39, 0.29) is 12.7 Å². The third-order valence-corrected chi connectivity index (χ3v) is 6.35. The topological polar surface area (TPSA) is 72.7 Å². The number of carbonyl (C=O) groups excluding carboxylic acids is 1. The van der Waals surface area contributed by atoms with Crippen molar-refractivity contribution in [3.63, 3.8) is 0 Å². The van der Waals surface area contributed by atoms with Crippen molar-refractivity contribution >= 4 is 5.91 Å². The average molecular weight is 397 g/mol. The fraction of sp³-hybridized carbons (Fsp3) is 0.571. The minimum absolute atomic E-state index is 0.267. The number of benzene rings is 1. The van der Waals surface area contributed by atoms with Crippen molar-refractivity contribution in [1.82, 2.24) is 24.6 Å². The first kappa shape index (κ1) is 18.4. The predicted molar refractivity (Wildman–Crippen MR) is 105 cm³/mol. The van der Waals surface area contributed by atoms with Gasteiger partial charge in [-0.3, -0.25) is 9.69 Å². The van der Waals surface area contributed by atoms with Crippen molar-refractivity contribution in [2.75, 3.05) is 26.4 Å². The maximum absolute atomic E-state index is 12.7. The molecule has 3 aliphatic rings. The molecule has 2 aromatic rings. The van der Waals surface area contributed by atoms with Gasteiger partial charge in [0.25, 0.3) is 0 Å². The number of aromatic nitrogens is 3. The monoisotopic (exact) mass is 397 g/mol. The average Bonchev–Trinajstić information content (AvgIpc) is 3.36. The first-order valence-electron chi connectivity index (χ1n) is 10.5. The Kier molecular flexibility index (Phi) is 4.87. The summed E-state index contributed by atoms with van der Waals surface area (Å²) in [5.41, 5.74) is 1.12. The van der Waals surface area contributed by atoms with E-state index in [2.05, 4.69) is 26.8 Å². The standard InChI is InChI=1S/C21H27N5O3/c1-2-26-20(22-13-23-26)12-24-8-7-17-16(10-24)11-25(17)21(27)6-4-15-3-5-18-19(9-15)29-14-28-18/h3,5,9,13,16-17H,2,4,6-8,10-12,14H2,1H3/t16-,17-/m0/s1. The molecule has 4 heterocycles. The summed E-state index contributed by atoms with van der Waals surface area (Å²) in [6.45, 7) is 6.97. The van der Waals surface area contributed by atoms with Crippen LogP contribution in [-0.2, 0) is 24.3 Å². The van der Waals surface area contributed by atoms with Crippen LogP contribution < -0.4 is 9.47 Å². The predicted octanol–water partition coefficient (Wildman–Crippen LogP) is 1.69. The summed E-state index contributed by atoms with van der Waals surface area (Å²) >= 11 is 0. The second-order valence-corrected chi connectivity index (χ2v) is 8.08. The number of piperidine rings is 1. The highest BCUT2D eigenvalue weighted by Gasteiger charge is 2.44. The van der Waals surface area contributed by atoms with E-state index >= 15 is 0 Å². The molecular weight excluding hydrogens is 370 g/mol. The van der Waals surface area contributed by atoms with Crippen molar-refractivity contribution in [1.29, 1.82) is 0 Å². The van der Waals surface area contributed by atoms with Gasteiger partial charge in [0.05, 0.1) is 6.54 Å². The molecule has 2 fully saturated rings. The zero-order valence-corrected chi connectivity index (χ0v) is 16.8. The van der Waals surface area contributed by atoms with E-state index in [0.717, 1.165) is 68.5 Å². The molecule has 8 heteroatoms. The third kappa shape index (κ3) is 3.57. The first-order valence-corrected chi connectivity index (χ1v) is 10.5. The number of nitrogens with zero attached hydrogens (tertiary/aromatic N) is 5. The Morgan fingerprint density at radius 3 is 3.00 bits per heavy atom. The van der Waals surface area contributed by atoms with E-state index in [9.17, 15) is 4.79 Å². The number of likely N-dealkylation sites (tertiary alicyclic amines) is 2. The molecule has 154 valence electrons. The van der Waals surface area contributed by atoms with Gasteiger partial charge in [0.1, 0.15) is 12.2 Å². The Balaban J connectivity index is 1.11. The van der Waals surface area contributed by atoms with Crippen LogP contribution in [0.15, 0.2) is 24.5 Å². The highest BCUT2D eigenvalue weighted by molar-refractivity contribution is 5.78. The highest BCUT2D eigenvalue weighted by Crippen LogP contribution is 2.35. The van der Waals surface area contributed by atoms with E-state index in [1.807, 2.05) is 22.9 Å². The molecule has 0 bridgehead atoms. The Morgan fingerprint density at radius 1 is 1.24 bits per heavy atom. The summed E-state index contributed by atoms with van der Waals surface area (Å²) in [5, 5.41) is 4.26. The number of fused-ring (bicyclic) bond motifs is 2. The highest BCUT2D eigenvalue weighted by atomic mass is 16.7. The maximum atomic E-state index is 12.7. The Morgan fingerprint density at radius 2 is 2.14 bits per heavy atom. The summed E-state index contributed by atoms with van der Waals surface area (Å²) in [4.78, 5) is 21.7. The van der Waals surface area contributed by atoms with E-state index in [1.54, 1.807) is 6.33 Å². The van der Waals surface area contributed by atoms with Gasteiger partial charge in [-0.05, 0) is 37.5 Å². The number of carbonyl (C=O) groups is 1. The van der Waals surface area contributed by atoms with Crippen LogP contribution in [0.1, 0.15) is 31.2 Å². The van der Waals surface area contributed by atoms with Gasteiger partial charge in [0.15, 0.2) is 11.5 Å². The van der Waals surface area contributed by atoms with Gasteiger partial charge in [-0.15, -0.1) is 0 Å². The lowest BCUT2D eigenvalue weighted by Gasteiger charge is -2.53. The van der Waals surface area contributed by atoms with E-state index < -0.39 is 0 Å². The third-order valence-electron chi connectivity index (χ3n) is 6.35. The molecule has 3 aliphatic heterocycles. The molecule has 0 saturated carbocycles. The van der Waals surface area contributed by atoms with Crippen molar-refractivity contribution in [3.05, 3.63) is 35.9 Å². The molecule has 2 saturated heterocycles. The van der Waals surface area contributed by atoms with Gasteiger partial charge in [-0.25, -0.2) is 9.67 Å². The molecule has 2 atom stereocenters. The van der Waals surface area contributed by atoms with Crippen molar-refractivity contribution < 1.29 is 14.3 Å². The van der Waals surface area contributed by atoms with Crippen LogP contribution in [0.2, 0.25) is 0 Å². The van der Waals surface area contributed by atoms with E-state index in [4.69, 9.17) is 9.47 Å². The van der Waals surface area contributed by atoms with Crippen LogP contribution >= 0.6 is 0 Å². The summed E-state index contributed by atoms with van der Waals surface area (Å²) in [6, 6.07) is 6.34. The molecule has 5 rings (SSSR count). The zero-order valence-electron chi connectivity index (χ0n) is 16.8. The zero-order chi connectivity index (χ0) is 19.8. The molecule has 1 amide bonds. The number of aryl methyl sites for hydroxylation is 2. The molecule has 1 aromatic carbocycles. The fourth-order valence-electron chi connectivity index (χ4n) is 4.73. The Bertz CT molecular complexity index is 898. The summed E-state index contributed by atoms with van der Waals surface area (Å²) in [7, 11) is 0. The molecular formula is C21H27N5O3. The van der Waals surface area contributed by atoms with E-state index in [1.165, 1.54) is 0 Å². The largest absolute Gasteiger partial charge is 0.454 e. The van der Waals surface area contributed by atoms with Crippen molar-refractivity contribution in [2.24, 2.45) is 5.92 Å². The van der Waals surface area contributed by atoms with E-state index in [0.29, 0.717) is 18.4 Å². The SMILES string of the molecule is CCn1ncnc1CN1CC[C@H]2[C@@H](C1)CN2C(=O)CCc1ccc2c(c1)OCO2. The molecule has 0 N–H and O–H groups in total. The van der Waals surface area contributed by atoms with Crippen molar-refractivity contribution in [3.8, 4) is 11.5 Å². The summed E-state index contributed by atoms with van der Waals surface area (Å²) in [6.07, 6.45) is 3.96. The number of ether oxygens (including phenoxy) is 2. The van der Waals surface area contributed by atoms with Gasteiger partial charge in [-0.1, -0.05) is 6.07 Å². The number of amides is 1. The number of hydrogen-bond acceptors (Lipinski definition) is 6. The molecule has 0 unspecified atom stereocenters. The van der Waals surface area contributed by atoms with Gasteiger partial charge in [0.2, 0.25) is 12.7 Å². The van der Waals surface area contributed by atoms with Crippen LogP contribution in [0.4, 0.5) is 0 Å². The van der Waals surface area contributed by atoms with Crippen molar-refractivity contribution in [2.45, 2.75) is 45.3 Å². The van der Waals surface area contributed by atoms with Gasteiger partial charge < -0.3 is 14.4 Å². The fourth-order valence-corrected chi connectivity index (χ4v) is 4.73. The lowest BCUT2D eigenvalue weighted by Crippen LogP contribution is -2.64. The number of hydrogen-bond donors (Lipinski definition) is 0. The van der Waals surface area contributed by atoms with Crippen LogP contribution in [0.25, 0.3) is 0 Å². The minimum atomic E-state index is 0.267. The van der Waals surface area contributed by atoms with Crippen LogP contribution in [0, 0.1) is 5.92 Å². The number of rotatable bonds is 6. The molecule has 8 nitrogen and oxygen atoms in total. The van der Waals surface area contributed by atoms with Gasteiger partial charge >= 0.3 is 0 Å². The molecule has 0 radical (unpaired) electrons. The normalized spacial score (nSPS) is 23.0. The van der Waals surface area contributed by atoms with Crippen LogP contribution in [0.3, 0.4) is 0 Å². The molecule has 0 aliphatic carbocycles. The molecule has 0 spiro atoms. The quantitative estimate of drug-likeness (QED) is 0.739. The smallest absolute Gasteiger partial charge is 0.231 e.